The van der Waals surface area contributed by atoms with E-state index in [0.717, 1.165) is 25.7 Å². The first-order valence-electron chi connectivity index (χ1n) is 10.6. The first-order valence-corrected chi connectivity index (χ1v) is 12.0. The van der Waals surface area contributed by atoms with E-state index in [1.165, 1.54) is 35.7 Å². The second kappa shape index (κ2) is 10.2. The molecule has 1 aliphatic rings. The Morgan fingerprint density at radius 3 is 2.42 bits per heavy atom. The van der Waals surface area contributed by atoms with Crippen molar-refractivity contribution in [3.63, 3.8) is 0 Å². The third-order valence-corrected chi connectivity index (χ3v) is 7.44. The van der Waals surface area contributed by atoms with Crippen molar-refractivity contribution < 1.29 is 22.3 Å². The molecule has 8 heteroatoms. The maximum absolute atomic E-state index is 13.5. The summed E-state index contributed by atoms with van der Waals surface area (Å²) >= 11 is 0. The lowest BCUT2D eigenvalue weighted by Crippen LogP contribution is -2.33. The average molecular weight is 449 g/mol. The van der Waals surface area contributed by atoms with Crippen molar-refractivity contribution >= 4 is 15.9 Å². The summed E-state index contributed by atoms with van der Waals surface area (Å²) in [5.41, 5.74) is 0.925. The number of amides is 1. The lowest BCUT2D eigenvalue weighted by molar-refractivity contribution is 0.0752. The molecule has 0 spiro atoms. The molecule has 0 radical (unpaired) electrons. The predicted molar refractivity (Wildman–Crippen MR) is 117 cm³/mol. The number of ether oxygens (including phenoxy) is 1. The SMILES string of the molecule is CCN(Cc1cccc(F)c1)C(=O)c1ccc(OC)c(S(=O)(=O)N2CCCCCC2)c1. The second-order valence-corrected chi connectivity index (χ2v) is 9.54. The van der Waals surface area contributed by atoms with Crippen LogP contribution in [0.4, 0.5) is 4.39 Å². The van der Waals surface area contributed by atoms with Gasteiger partial charge in [0.15, 0.2) is 0 Å². The van der Waals surface area contributed by atoms with Crippen LogP contribution in [0.25, 0.3) is 0 Å². The standard InChI is InChI=1S/C23H29FN2O4S/c1-3-25(17-18-9-8-10-20(24)15-18)23(27)19-11-12-21(30-2)22(16-19)31(28,29)26-13-6-4-5-7-14-26/h8-12,15-16H,3-7,13-14,17H2,1-2H3. The number of rotatable bonds is 7. The topological polar surface area (TPSA) is 66.9 Å². The smallest absolute Gasteiger partial charge is 0.254 e. The molecule has 0 atom stereocenters. The van der Waals surface area contributed by atoms with Crippen LogP contribution in [0.2, 0.25) is 0 Å². The molecular weight excluding hydrogens is 419 g/mol. The van der Waals surface area contributed by atoms with E-state index >= 15 is 0 Å². The third kappa shape index (κ3) is 5.43. The monoisotopic (exact) mass is 448 g/mol. The van der Waals surface area contributed by atoms with Gasteiger partial charge >= 0.3 is 0 Å². The number of methoxy groups -OCH3 is 1. The van der Waals surface area contributed by atoms with Crippen LogP contribution in [0.1, 0.15) is 48.5 Å². The van der Waals surface area contributed by atoms with E-state index in [9.17, 15) is 17.6 Å². The summed E-state index contributed by atoms with van der Waals surface area (Å²) in [7, 11) is -2.38. The van der Waals surface area contributed by atoms with Gasteiger partial charge in [0.1, 0.15) is 16.5 Å². The molecule has 1 heterocycles. The maximum Gasteiger partial charge on any atom is 0.254 e. The quantitative estimate of drug-likeness (QED) is 0.641. The molecule has 1 saturated heterocycles. The van der Waals surface area contributed by atoms with E-state index in [1.54, 1.807) is 23.1 Å². The number of halogens is 1. The fraction of sp³-hybridized carbons (Fsp3) is 0.435. The number of sulfonamides is 1. The molecule has 6 nitrogen and oxygen atoms in total. The van der Waals surface area contributed by atoms with Crippen molar-refractivity contribution in [3.05, 3.63) is 59.4 Å². The summed E-state index contributed by atoms with van der Waals surface area (Å²) in [5, 5.41) is 0. The fourth-order valence-corrected chi connectivity index (χ4v) is 5.50. The van der Waals surface area contributed by atoms with Crippen LogP contribution in [0, 0.1) is 5.82 Å². The molecule has 0 saturated carbocycles. The Balaban J connectivity index is 1.91. The molecule has 2 aromatic rings. The summed E-state index contributed by atoms with van der Waals surface area (Å²) in [6.07, 6.45) is 3.65. The Morgan fingerprint density at radius 2 is 1.81 bits per heavy atom. The van der Waals surface area contributed by atoms with Gasteiger partial charge in [-0.1, -0.05) is 25.0 Å². The first-order chi connectivity index (χ1) is 14.9. The van der Waals surface area contributed by atoms with Gasteiger partial charge in [-0.05, 0) is 55.7 Å². The third-order valence-electron chi connectivity index (χ3n) is 5.52. The molecule has 2 aromatic carbocycles. The molecule has 0 aromatic heterocycles. The van der Waals surface area contributed by atoms with Gasteiger partial charge in [0, 0.05) is 31.7 Å². The van der Waals surface area contributed by atoms with Gasteiger partial charge in [-0.3, -0.25) is 4.79 Å². The van der Waals surface area contributed by atoms with Gasteiger partial charge < -0.3 is 9.64 Å². The zero-order valence-corrected chi connectivity index (χ0v) is 18.8. The molecule has 1 fully saturated rings. The van der Waals surface area contributed by atoms with Crippen LogP contribution >= 0.6 is 0 Å². The molecule has 168 valence electrons. The largest absolute Gasteiger partial charge is 0.495 e. The Kier molecular flexibility index (Phi) is 7.67. The van der Waals surface area contributed by atoms with Crippen LogP contribution in [0.5, 0.6) is 5.75 Å². The molecule has 1 amide bonds. The first kappa shape index (κ1) is 23.2. The molecule has 0 N–H and O–H groups in total. The van der Waals surface area contributed by atoms with E-state index < -0.39 is 10.0 Å². The van der Waals surface area contributed by atoms with E-state index in [-0.39, 0.29) is 34.5 Å². The summed E-state index contributed by atoms with van der Waals surface area (Å²) in [4.78, 5) is 14.7. The number of nitrogens with zero attached hydrogens (tertiary/aromatic N) is 2. The molecule has 31 heavy (non-hydrogen) atoms. The molecule has 3 rings (SSSR count). The van der Waals surface area contributed by atoms with Gasteiger partial charge in [0.2, 0.25) is 10.0 Å². The van der Waals surface area contributed by atoms with Crippen LogP contribution in [-0.4, -0.2) is 50.3 Å². The Morgan fingerprint density at radius 1 is 1.10 bits per heavy atom. The van der Waals surface area contributed by atoms with Gasteiger partial charge in [-0.2, -0.15) is 4.31 Å². The van der Waals surface area contributed by atoms with Crippen molar-refractivity contribution in [2.24, 2.45) is 0 Å². The summed E-state index contributed by atoms with van der Waals surface area (Å²) in [5.74, 6) is -0.466. The minimum atomic E-state index is -3.79. The Hall–Kier alpha value is -2.45. The summed E-state index contributed by atoms with van der Waals surface area (Å²) in [6, 6.07) is 10.6. The van der Waals surface area contributed by atoms with Crippen LogP contribution in [-0.2, 0) is 16.6 Å². The number of carbonyl (C=O) groups excluding carboxylic acids is 1. The van der Waals surface area contributed by atoms with E-state index in [4.69, 9.17) is 4.74 Å². The Labute approximate surface area is 183 Å². The number of hydrogen-bond acceptors (Lipinski definition) is 4. The zero-order valence-electron chi connectivity index (χ0n) is 18.0. The van der Waals surface area contributed by atoms with Crippen LogP contribution < -0.4 is 4.74 Å². The summed E-state index contributed by atoms with van der Waals surface area (Å²) in [6.45, 7) is 3.38. The van der Waals surface area contributed by atoms with Crippen molar-refractivity contribution in [2.45, 2.75) is 44.0 Å². The lowest BCUT2D eigenvalue weighted by Gasteiger charge is -2.24. The predicted octanol–water partition coefficient (Wildman–Crippen LogP) is 4.06. The van der Waals surface area contributed by atoms with Crippen molar-refractivity contribution in [2.75, 3.05) is 26.7 Å². The van der Waals surface area contributed by atoms with Gasteiger partial charge in [0.05, 0.1) is 7.11 Å². The molecule has 1 aliphatic heterocycles. The molecular formula is C23H29FN2O4S. The minimum absolute atomic E-state index is 0.00422. The maximum atomic E-state index is 13.5. The average Bonchev–Trinajstić information content (AvgIpc) is 3.07. The van der Waals surface area contributed by atoms with Gasteiger partial charge in [0.25, 0.3) is 5.91 Å². The number of benzene rings is 2. The van der Waals surface area contributed by atoms with Crippen LogP contribution in [0.15, 0.2) is 47.4 Å². The Bertz CT molecular complexity index is 1020. The summed E-state index contributed by atoms with van der Waals surface area (Å²) < 4.78 is 47.0. The second-order valence-electron chi connectivity index (χ2n) is 7.63. The zero-order chi connectivity index (χ0) is 22.4. The fourth-order valence-electron chi connectivity index (χ4n) is 3.80. The van der Waals surface area contributed by atoms with Gasteiger partial charge in [-0.15, -0.1) is 0 Å². The van der Waals surface area contributed by atoms with E-state index in [1.807, 2.05) is 6.92 Å². The normalized spacial score (nSPS) is 15.3. The highest BCUT2D eigenvalue weighted by molar-refractivity contribution is 7.89. The minimum Gasteiger partial charge on any atom is -0.495 e. The highest BCUT2D eigenvalue weighted by Crippen LogP contribution is 2.30. The van der Waals surface area contributed by atoms with Gasteiger partial charge in [-0.25, -0.2) is 12.8 Å². The van der Waals surface area contributed by atoms with Crippen molar-refractivity contribution in [1.29, 1.82) is 0 Å². The van der Waals surface area contributed by atoms with Crippen LogP contribution in [0.3, 0.4) is 0 Å². The number of carbonyl (C=O) groups is 1. The molecule has 0 unspecified atom stereocenters. The van der Waals surface area contributed by atoms with E-state index in [0.29, 0.717) is 25.2 Å². The van der Waals surface area contributed by atoms with Crippen molar-refractivity contribution in [1.82, 2.24) is 9.21 Å². The highest BCUT2D eigenvalue weighted by Gasteiger charge is 2.29. The lowest BCUT2D eigenvalue weighted by atomic mass is 10.1. The molecule has 0 aliphatic carbocycles. The number of hydrogen-bond donors (Lipinski definition) is 0. The van der Waals surface area contributed by atoms with E-state index in [2.05, 4.69) is 0 Å². The van der Waals surface area contributed by atoms with Crippen molar-refractivity contribution in [3.8, 4) is 5.75 Å². The highest BCUT2D eigenvalue weighted by atomic mass is 32.2. The molecule has 0 bridgehead atoms.